The Balaban J connectivity index is 1.37. The second-order valence-corrected chi connectivity index (χ2v) is 9.63. The molecule has 1 atom stereocenters. The normalized spacial score (nSPS) is 16.2. The van der Waals surface area contributed by atoms with E-state index in [-0.39, 0.29) is 37.2 Å². The lowest BCUT2D eigenvalue weighted by Gasteiger charge is -2.32. The molecule has 1 fully saturated rings. The van der Waals surface area contributed by atoms with E-state index in [4.69, 9.17) is 9.84 Å². The molecule has 2 N–H and O–H groups in total. The van der Waals surface area contributed by atoms with Crippen LogP contribution in [0.5, 0.6) is 0 Å². The first-order valence-electron chi connectivity index (χ1n) is 11.9. The monoisotopic (exact) mass is 464 g/mol. The molecule has 7 nitrogen and oxygen atoms in total. The van der Waals surface area contributed by atoms with E-state index in [1.54, 1.807) is 11.9 Å². The molecule has 2 aromatic carbocycles. The van der Waals surface area contributed by atoms with Gasteiger partial charge in [0.1, 0.15) is 6.61 Å². The Morgan fingerprint density at radius 3 is 2.21 bits per heavy atom. The molecule has 180 valence electrons. The summed E-state index contributed by atoms with van der Waals surface area (Å²) in [6.45, 7) is 2.50. The molecule has 2 aliphatic rings. The summed E-state index contributed by atoms with van der Waals surface area (Å²) in [5, 5.41) is 11.8. The zero-order valence-corrected chi connectivity index (χ0v) is 19.8. The minimum atomic E-state index is -0.874. The van der Waals surface area contributed by atoms with Gasteiger partial charge in [0.2, 0.25) is 5.91 Å². The van der Waals surface area contributed by atoms with Crippen molar-refractivity contribution in [1.82, 2.24) is 10.2 Å². The topological polar surface area (TPSA) is 95.9 Å². The van der Waals surface area contributed by atoms with Gasteiger partial charge in [-0.25, -0.2) is 4.79 Å². The number of alkyl carbamates (subject to hydrolysis) is 1. The van der Waals surface area contributed by atoms with E-state index in [2.05, 4.69) is 29.6 Å². The third-order valence-corrected chi connectivity index (χ3v) is 7.04. The molecule has 4 rings (SSSR count). The number of carboxylic acid groups (broad SMARTS) is 1. The van der Waals surface area contributed by atoms with Crippen LogP contribution in [0.1, 0.15) is 56.1 Å². The van der Waals surface area contributed by atoms with Gasteiger partial charge < -0.3 is 20.1 Å². The second-order valence-electron chi connectivity index (χ2n) is 9.63. The van der Waals surface area contributed by atoms with Crippen LogP contribution in [0.15, 0.2) is 48.5 Å². The predicted molar refractivity (Wildman–Crippen MR) is 128 cm³/mol. The highest BCUT2D eigenvalue weighted by Crippen LogP contribution is 2.45. The van der Waals surface area contributed by atoms with Gasteiger partial charge in [-0.2, -0.15) is 0 Å². The Morgan fingerprint density at radius 1 is 1.06 bits per heavy atom. The number of carboxylic acids is 1. The Bertz CT molecular complexity index is 1030. The highest BCUT2D eigenvalue weighted by atomic mass is 16.5. The van der Waals surface area contributed by atoms with E-state index in [1.165, 1.54) is 11.1 Å². The second kappa shape index (κ2) is 9.87. The molecule has 0 aromatic heterocycles. The number of aliphatic carboxylic acids is 1. The molecular weight excluding hydrogens is 432 g/mol. The summed E-state index contributed by atoms with van der Waals surface area (Å²) in [6, 6.07) is 16.4. The first-order chi connectivity index (χ1) is 16.3. The van der Waals surface area contributed by atoms with Gasteiger partial charge in [-0.15, -0.1) is 0 Å². The van der Waals surface area contributed by atoms with E-state index in [1.807, 2.05) is 31.2 Å². The molecule has 2 amide bonds. The lowest BCUT2D eigenvalue weighted by Crippen LogP contribution is -2.51. The summed E-state index contributed by atoms with van der Waals surface area (Å²) >= 11 is 0. The van der Waals surface area contributed by atoms with Crippen LogP contribution in [-0.2, 0) is 14.3 Å². The number of nitrogens with zero attached hydrogens (tertiary/aromatic N) is 1. The molecule has 0 radical (unpaired) electrons. The van der Waals surface area contributed by atoms with Crippen LogP contribution < -0.4 is 5.32 Å². The summed E-state index contributed by atoms with van der Waals surface area (Å²) in [5.74, 6) is -0.781. The fraction of sp³-hybridized carbons (Fsp3) is 0.444. The van der Waals surface area contributed by atoms with Crippen molar-refractivity contribution in [2.45, 2.75) is 50.5 Å². The quantitative estimate of drug-likeness (QED) is 0.543. The fourth-order valence-corrected chi connectivity index (χ4v) is 4.92. The Labute approximate surface area is 200 Å². The zero-order valence-electron chi connectivity index (χ0n) is 19.8. The largest absolute Gasteiger partial charge is 0.481 e. The first kappa shape index (κ1) is 23.8. The van der Waals surface area contributed by atoms with Crippen molar-refractivity contribution < 1.29 is 24.2 Å². The van der Waals surface area contributed by atoms with Crippen LogP contribution in [0.4, 0.5) is 4.79 Å². The third kappa shape index (κ3) is 5.24. The van der Waals surface area contributed by atoms with E-state index < -0.39 is 17.6 Å². The van der Waals surface area contributed by atoms with Crippen LogP contribution >= 0.6 is 0 Å². The maximum atomic E-state index is 12.8. The standard InChI is InChI=1S/C27H32N2O5/c1-27(18-13-14-18,16-24(30)29(2)15-7-12-25(31)32)28-26(33)34-17-23-21-10-5-3-8-19(21)20-9-4-6-11-22(20)23/h3-6,8-11,18,23H,7,12-17H2,1-2H3,(H,28,33)(H,31,32). The van der Waals surface area contributed by atoms with Gasteiger partial charge in [0.05, 0.1) is 12.0 Å². The number of rotatable bonds is 10. The van der Waals surface area contributed by atoms with Crippen LogP contribution in [0.3, 0.4) is 0 Å². The molecule has 34 heavy (non-hydrogen) atoms. The highest BCUT2D eigenvalue weighted by Gasteiger charge is 2.45. The predicted octanol–water partition coefficient (Wildman–Crippen LogP) is 4.41. The summed E-state index contributed by atoms with van der Waals surface area (Å²) < 4.78 is 5.71. The van der Waals surface area contributed by atoms with Crippen molar-refractivity contribution in [2.24, 2.45) is 5.92 Å². The lowest BCUT2D eigenvalue weighted by atomic mass is 9.91. The summed E-state index contributed by atoms with van der Waals surface area (Å²) in [5.41, 5.74) is 3.96. The molecule has 1 saturated carbocycles. The maximum absolute atomic E-state index is 12.8. The number of nitrogens with one attached hydrogen (secondary N) is 1. The Kier molecular flexibility index (Phi) is 6.91. The van der Waals surface area contributed by atoms with Crippen LogP contribution in [0.2, 0.25) is 0 Å². The fourth-order valence-electron chi connectivity index (χ4n) is 4.92. The number of carbonyl (C=O) groups excluding carboxylic acids is 2. The molecule has 1 unspecified atom stereocenters. The third-order valence-electron chi connectivity index (χ3n) is 7.04. The van der Waals surface area contributed by atoms with Gasteiger partial charge in [0, 0.05) is 25.9 Å². The average Bonchev–Trinajstić information content (AvgIpc) is 3.61. The molecule has 0 bridgehead atoms. The summed E-state index contributed by atoms with van der Waals surface area (Å²) in [7, 11) is 1.67. The van der Waals surface area contributed by atoms with Crippen molar-refractivity contribution in [3.63, 3.8) is 0 Å². The molecule has 0 saturated heterocycles. The Hall–Kier alpha value is -3.35. The summed E-state index contributed by atoms with van der Waals surface area (Å²) in [4.78, 5) is 37.9. The average molecular weight is 465 g/mol. The number of amides is 2. The molecule has 0 heterocycles. The van der Waals surface area contributed by atoms with Crippen molar-refractivity contribution in [3.05, 3.63) is 59.7 Å². The van der Waals surface area contributed by atoms with E-state index in [0.29, 0.717) is 13.0 Å². The van der Waals surface area contributed by atoms with Crippen molar-refractivity contribution in [3.8, 4) is 11.1 Å². The summed E-state index contributed by atoms with van der Waals surface area (Å²) in [6.07, 6.45) is 1.97. The molecular formula is C27H32N2O5. The smallest absolute Gasteiger partial charge is 0.407 e. The minimum absolute atomic E-state index is 0.0210. The molecule has 7 heteroatoms. The SMILES string of the molecule is CN(CCCC(=O)O)C(=O)CC(C)(NC(=O)OCC1c2ccccc2-c2ccccc21)C1CC1. The first-order valence-corrected chi connectivity index (χ1v) is 11.9. The Morgan fingerprint density at radius 2 is 1.65 bits per heavy atom. The van der Waals surface area contributed by atoms with Crippen LogP contribution in [0.25, 0.3) is 11.1 Å². The number of carbonyl (C=O) groups is 3. The van der Waals surface area contributed by atoms with Crippen molar-refractivity contribution in [2.75, 3.05) is 20.2 Å². The van der Waals surface area contributed by atoms with Crippen LogP contribution in [-0.4, -0.2) is 53.7 Å². The van der Waals surface area contributed by atoms with Gasteiger partial charge in [0.15, 0.2) is 0 Å². The van der Waals surface area contributed by atoms with Crippen molar-refractivity contribution in [1.29, 1.82) is 0 Å². The molecule has 2 aromatic rings. The number of hydrogen-bond acceptors (Lipinski definition) is 4. The lowest BCUT2D eigenvalue weighted by molar-refractivity contribution is -0.138. The number of benzene rings is 2. The number of hydrogen-bond donors (Lipinski definition) is 2. The number of fused-ring (bicyclic) bond motifs is 3. The number of ether oxygens (including phenoxy) is 1. The maximum Gasteiger partial charge on any atom is 0.407 e. The highest BCUT2D eigenvalue weighted by molar-refractivity contribution is 5.80. The van der Waals surface area contributed by atoms with E-state index in [0.717, 1.165) is 24.0 Å². The minimum Gasteiger partial charge on any atom is -0.481 e. The van der Waals surface area contributed by atoms with Crippen molar-refractivity contribution >= 4 is 18.0 Å². The van der Waals surface area contributed by atoms with Gasteiger partial charge >= 0.3 is 12.1 Å². The van der Waals surface area contributed by atoms with Gasteiger partial charge in [-0.05, 0) is 54.4 Å². The van der Waals surface area contributed by atoms with E-state index >= 15 is 0 Å². The molecule has 0 aliphatic heterocycles. The van der Waals surface area contributed by atoms with Crippen LogP contribution in [0, 0.1) is 5.92 Å². The molecule has 2 aliphatic carbocycles. The van der Waals surface area contributed by atoms with E-state index in [9.17, 15) is 14.4 Å². The van der Waals surface area contributed by atoms with Gasteiger partial charge in [0.25, 0.3) is 0 Å². The molecule has 0 spiro atoms. The van der Waals surface area contributed by atoms with Gasteiger partial charge in [-0.1, -0.05) is 48.5 Å². The zero-order chi connectivity index (χ0) is 24.3. The van der Waals surface area contributed by atoms with Gasteiger partial charge in [-0.3, -0.25) is 9.59 Å².